The predicted molar refractivity (Wildman–Crippen MR) is 85.8 cm³/mol. The number of sulfonamides is 2. The van der Waals surface area contributed by atoms with Crippen molar-refractivity contribution in [2.75, 3.05) is 39.4 Å². The van der Waals surface area contributed by atoms with E-state index in [-0.39, 0.29) is 19.4 Å². The molecular weight excluding hydrogens is 418 g/mol. The van der Waals surface area contributed by atoms with Crippen LogP contribution in [-0.2, 0) is 24.8 Å². The Morgan fingerprint density at radius 2 is 1.95 bits per heavy atom. The van der Waals surface area contributed by atoms with Crippen molar-refractivity contribution >= 4 is 47.3 Å². The number of thiophene rings is 1. The number of nitrogens with one attached hydrogen (secondary N) is 1. The van der Waals surface area contributed by atoms with Gasteiger partial charge in [0, 0.05) is 30.7 Å². The first-order valence-corrected chi connectivity index (χ1v) is 11.0. The lowest BCUT2D eigenvalue weighted by Crippen LogP contribution is -2.41. The van der Waals surface area contributed by atoms with Crippen molar-refractivity contribution < 1.29 is 21.6 Å². The molecule has 2 rings (SSSR count). The second kappa shape index (κ2) is 7.21. The quantitative estimate of drug-likeness (QED) is 0.639. The average molecular weight is 434 g/mol. The average Bonchev–Trinajstić information content (AvgIpc) is 2.83. The highest BCUT2D eigenvalue weighted by Crippen LogP contribution is 2.33. The zero-order valence-electron chi connectivity index (χ0n) is 11.5. The molecular formula is C10H16BrN3O5S3. The van der Waals surface area contributed by atoms with Crippen LogP contribution in [0.1, 0.15) is 0 Å². The maximum Gasteiger partial charge on any atom is 0.251 e. The van der Waals surface area contributed by atoms with Crippen molar-refractivity contribution in [3.05, 3.63) is 10.5 Å². The first-order valence-electron chi connectivity index (χ1n) is 6.32. The number of nitrogens with two attached hydrogens (primary N) is 1. The Kier molecular flexibility index (Phi) is 5.99. The molecule has 12 heteroatoms. The van der Waals surface area contributed by atoms with Gasteiger partial charge in [0.1, 0.15) is 8.42 Å². The third-order valence-corrected chi connectivity index (χ3v) is 8.68. The number of hydrogen-bond donors (Lipinski definition) is 2. The second-order valence-corrected chi connectivity index (χ2v) is 10.3. The summed E-state index contributed by atoms with van der Waals surface area (Å²) >= 11 is 3.67. The standard InChI is InChI=1S/C10H16BrN3O5S3/c11-8-7-9(21(12,15)16)20-10(8)22(17,18)13-1-2-14-3-5-19-6-4-14/h7,13H,1-6H2,(H2,12,15,16). The zero-order chi connectivity index (χ0) is 16.4. The van der Waals surface area contributed by atoms with Gasteiger partial charge in [0.2, 0.25) is 10.0 Å². The highest BCUT2D eigenvalue weighted by Gasteiger charge is 2.24. The summed E-state index contributed by atoms with van der Waals surface area (Å²) in [6.07, 6.45) is 0. The summed E-state index contributed by atoms with van der Waals surface area (Å²) < 4.78 is 54.6. The second-order valence-electron chi connectivity index (χ2n) is 4.60. The number of primary sulfonamides is 1. The molecule has 0 aliphatic carbocycles. The van der Waals surface area contributed by atoms with Gasteiger partial charge < -0.3 is 4.74 Å². The maximum absolute atomic E-state index is 12.2. The van der Waals surface area contributed by atoms with E-state index in [2.05, 4.69) is 25.6 Å². The largest absolute Gasteiger partial charge is 0.379 e. The molecule has 8 nitrogen and oxygen atoms in total. The van der Waals surface area contributed by atoms with Crippen LogP contribution in [0.25, 0.3) is 0 Å². The van der Waals surface area contributed by atoms with Crippen LogP contribution in [0, 0.1) is 0 Å². The van der Waals surface area contributed by atoms with Gasteiger partial charge in [0.15, 0.2) is 0 Å². The van der Waals surface area contributed by atoms with E-state index < -0.39 is 20.0 Å². The van der Waals surface area contributed by atoms with Crippen molar-refractivity contribution in [3.63, 3.8) is 0 Å². The summed E-state index contributed by atoms with van der Waals surface area (Å²) in [6, 6.07) is 1.19. The lowest BCUT2D eigenvalue weighted by molar-refractivity contribution is 0.0390. The zero-order valence-corrected chi connectivity index (χ0v) is 15.5. The summed E-state index contributed by atoms with van der Waals surface area (Å²) in [7, 11) is -7.72. The fourth-order valence-electron chi connectivity index (χ4n) is 1.88. The van der Waals surface area contributed by atoms with E-state index >= 15 is 0 Å². The van der Waals surface area contributed by atoms with E-state index in [1.54, 1.807) is 0 Å². The molecule has 1 saturated heterocycles. The molecule has 0 unspecified atom stereocenters. The van der Waals surface area contributed by atoms with Crippen LogP contribution in [0.15, 0.2) is 19.0 Å². The Morgan fingerprint density at radius 3 is 2.50 bits per heavy atom. The van der Waals surface area contributed by atoms with Gasteiger partial charge in [-0.1, -0.05) is 0 Å². The van der Waals surface area contributed by atoms with Gasteiger partial charge in [0.05, 0.1) is 13.2 Å². The Balaban J connectivity index is 2.02. The Bertz CT molecular complexity index is 725. The van der Waals surface area contributed by atoms with Crippen molar-refractivity contribution in [3.8, 4) is 0 Å². The molecule has 1 aliphatic heterocycles. The molecule has 0 bridgehead atoms. The van der Waals surface area contributed by atoms with Gasteiger partial charge >= 0.3 is 0 Å². The third kappa shape index (κ3) is 4.71. The van der Waals surface area contributed by atoms with Crippen molar-refractivity contribution in [1.82, 2.24) is 9.62 Å². The summed E-state index contributed by atoms with van der Waals surface area (Å²) in [4.78, 5) is 2.09. The van der Waals surface area contributed by atoms with E-state index in [4.69, 9.17) is 9.88 Å². The predicted octanol–water partition coefficient (Wildman–Crippen LogP) is -0.231. The van der Waals surface area contributed by atoms with Gasteiger partial charge in [-0.25, -0.2) is 26.7 Å². The Morgan fingerprint density at radius 1 is 1.32 bits per heavy atom. The monoisotopic (exact) mass is 433 g/mol. The van der Waals surface area contributed by atoms with Gasteiger partial charge in [-0.05, 0) is 22.0 Å². The fourth-order valence-corrected chi connectivity index (χ4v) is 6.66. The molecule has 1 aromatic rings. The normalized spacial score (nSPS) is 17.7. The van der Waals surface area contributed by atoms with Crippen LogP contribution >= 0.6 is 27.3 Å². The van der Waals surface area contributed by atoms with Gasteiger partial charge in [-0.15, -0.1) is 11.3 Å². The number of morpholine rings is 1. The molecule has 0 spiro atoms. The third-order valence-electron chi connectivity index (χ3n) is 2.98. The van der Waals surface area contributed by atoms with Gasteiger partial charge in [-0.2, -0.15) is 0 Å². The SMILES string of the molecule is NS(=O)(=O)c1cc(Br)c(S(=O)(=O)NCCN2CCOCC2)s1. The molecule has 22 heavy (non-hydrogen) atoms. The maximum atomic E-state index is 12.2. The molecule has 2 heterocycles. The molecule has 3 N–H and O–H groups in total. The molecule has 0 amide bonds. The van der Waals surface area contributed by atoms with E-state index in [0.29, 0.717) is 31.1 Å². The van der Waals surface area contributed by atoms with Crippen molar-refractivity contribution in [2.45, 2.75) is 8.42 Å². The molecule has 126 valence electrons. The number of hydrogen-bond acceptors (Lipinski definition) is 7. The molecule has 0 atom stereocenters. The lowest BCUT2D eigenvalue weighted by Gasteiger charge is -2.26. The molecule has 1 fully saturated rings. The summed E-state index contributed by atoms with van der Waals surface area (Å²) in [5, 5.41) is 5.01. The van der Waals surface area contributed by atoms with Gasteiger partial charge in [-0.3, -0.25) is 4.90 Å². The summed E-state index contributed by atoms with van der Waals surface area (Å²) in [6.45, 7) is 3.60. The Hall–Kier alpha value is -0.0800. The molecule has 1 aliphatic rings. The van der Waals surface area contributed by atoms with Crippen LogP contribution in [0.3, 0.4) is 0 Å². The Labute approximate surface area is 141 Å². The summed E-state index contributed by atoms with van der Waals surface area (Å²) in [5.41, 5.74) is 0. The van der Waals surface area contributed by atoms with Crippen LogP contribution in [0.2, 0.25) is 0 Å². The number of nitrogens with zero attached hydrogens (tertiary/aromatic N) is 1. The molecule has 0 aromatic carbocycles. The minimum atomic E-state index is -3.93. The minimum absolute atomic E-state index is 0.0986. The van der Waals surface area contributed by atoms with Gasteiger partial charge in [0.25, 0.3) is 10.0 Å². The van der Waals surface area contributed by atoms with Crippen LogP contribution in [-0.4, -0.2) is 61.1 Å². The number of ether oxygens (including phenoxy) is 1. The fraction of sp³-hybridized carbons (Fsp3) is 0.600. The van der Waals surface area contributed by atoms with E-state index in [1.807, 2.05) is 0 Å². The molecule has 0 radical (unpaired) electrons. The number of halogens is 1. The van der Waals surface area contributed by atoms with Crippen molar-refractivity contribution in [2.24, 2.45) is 5.14 Å². The smallest absolute Gasteiger partial charge is 0.251 e. The first kappa shape index (κ1) is 18.3. The van der Waals surface area contributed by atoms with Crippen LogP contribution in [0.4, 0.5) is 0 Å². The molecule has 1 aromatic heterocycles. The topological polar surface area (TPSA) is 119 Å². The van der Waals surface area contributed by atoms with E-state index in [0.717, 1.165) is 13.1 Å². The number of rotatable bonds is 6. The highest BCUT2D eigenvalue weighted by atomic mass is 79.9. The van der Waals surface area contributed by atoms with Crippen LogP contribution < -0.4 is 9.86 Å². The van der Waals surface area contributed by atoms with Crippen molar-refractivity contribution in [1.29, 1.82) is 0 Å². The lowest BCUT2D eigenvalue weighted by atomic mass is 10.4. The van der Waals surface area contributed by atoms with Crippen LogP contribution in [0.5, 0.6) is 0 Å². The first-order chi connectivity index (χ1) is 10.2. The van der Waals surface area contributed by atoms with E-state index in [1.165, 1.54) is 6.07 Å². The summed E-state index contributed by atoms with van der Waals surface area (Å²) in [5.74, 6) is 0. The van der Waals surface area contributed by atoms with E-state index in [9.17, 15) is 16.8 Å². The highest BCUT2D eigenvalue weighted by molar-refractivity contribution is 9.10. The molecule has 0 saturated carbocycles. The minimum Gasteiger partial charge on any atom is -0.379 e.